The van der Waals surface area contributed by atoms with E-state index in [9.17, 15) is 0 Å². The quantitative estimate of drug-likeness (QED) is 0.0707. The van der Waals surface area contributed by atoms with Gasteiger partial charge in [-0.3, -0.25) is 0 Å². The highest BCUT2D eigenvalue weighted by molar-refractivity contribution is 5.64. The molecule has 0 unspecified atom stereocenters. The fraction of sp³-hybridized carbons (Fsp3) is 0.362. The summed E-state index contributed by atoms with van der Waals surface area (Å²) in [5.74, 6) is 2.51. The van der Waals surface area contributed by atoms with Gasteiger partial charge in [0.2, 0.25) is 0 Å². The Morgan fingerprint density at radius 1 is 0.481 bits per heavy atom. The first-order valence-corrected chi connectivity index (χ1v) is 19.6. The Hall–Kier alpha value is -4.90. The summed E-state index contributed by atoms with van der Waals surface area (Å²) < 4.78 is 5.99. The highest BCUT2D eigenvalue weighted by Crippen LogP contribution is 2.36. The molecule has 0 radical (unpaired) electrons. The first kappa shape index (κ1) is 36.9. The van der Waals surface area contributed by atoms with Crippen molar-refractivity contribution in [3.8, 4) is 16.9 Å². The molecule has 1 saturated carbocycles. The van der Waals surface area contributed by atoms with E-state index in [0.29, 0.717) is 0 Å². The van der Waals surface area contributed by atoms with Gasteiger partial charge in [-0.25, -0.2) is 0 Å². The lowest BCUT2D eigenvalue weighted by Crippen LogP contribution is -2.10. The van der Waals surface area contributed by atoms with Crippen LogP contribution in [-0.4, -0.2) is 6.61 Å². The van der Waals surface area contributed by atoms with Crippen LogP contribution in [0.5, 0.6) is 5.75 Å². The van der Waals surface area contributed by atoms with E-state index in [4.69, 9.17) is 4.74 Å². The molecule has 0 aliphatic heterocycles. The van der Waals surface area contributed by atoms with Gasteiger partial charge in [-0.15, -0.1) is 0 Å². The van der Waals surface area contributed by atoms with Crippen molar-refractivity contribution in [1.29, 1.82) is 0 Å². The van der Waals surface area contributed by atoms with Gasteiger partial charge in [0, 0.05) is 0 Å². The van der Waals surface area contributed by atoms with E-state index in [1.165, 1.54) is 85.6 Å². The van der Waals surface area contributed by atoms with Gasteiger partial charge in [-0.05, 0) is 145 Å². The molecule has 5 aromatic rings. The van der Waals surface area contributed by atoms with Crippen LogP contribution in [0.3, 0.4) is 0 Å². The lowest BCUT2D eigenvalue weighted by molar-refractivity contribution is 0.304. The summed E-state index contributed by atoms with van der Waals surface area (Å²) >= 11 is 0. The summed E-state index contributed by atoms with van der Waals surface area (Å²) in [6.45, 7) is 5.33. The highest BCUT2D eigenvalue weighted by atomic mass is 16.5. The van der Waals surface area contributed by atoms with Crippen molar-refractivity contribution < 1.29 is 4.74 Å². The molecule has 0 amide bonds. The predicted molar refractivity (Wildman–Crippen MR) is 216 cm³/mol. The van der Waals surface area contributed by atoms with Crippen molar-refractivity contribution in [2.24, 2.45) is 26.4 Å². The Morgan fingerprint density at radius 2 is 0.923 bits per heavy atom. The summed E-state index contributed by atoms with van der Waals surface area (Å²) in [6, 6.07) is 42.2. The fourth-order valence-electron chi connectivity index (χ4n) is 6.92. The highest BCUT2D eigenvalue weighted by Gasteiger charge is 2.19. The third-order valence-electron chi connectivity index (χ3n) is 10.3. The second-order valence-corrected chi connectivity index (χ2v) is 14.5. The van der Waals surface area contributed by atoms with E-state index in [2.05, 4.69) is 95.0 Å². The van der Waals surface area contributed by atoms with Crippen molar-refractivity contribution in [2.75, 3.05) is 6.61 Å². The topological polar surface area (TPSA) is 58.7 Å². The monoisotopic (exact) mass is 690 g/mol. The zero-order valence-electron chi connectivity index (χ0n) is 31.1. The van der Waals surface area contributed by atoms with Gasteiger partial charge >= 0.3 is 0 Å². The van der Waals surface area contributed by atoms with Crippen LogP contribution < -0.4 is 4.74 Å². The van der Waals surface area contributed by atoms with Gasteiger partial charge < -0.3 is 4.74 Å². The third kappa shape index (κ3) is 11.6. The van der Waals surface area contributed by atoms with Gasteiger partial charge in [0.05, 0.1) is 29.4 Å². The number of aryl methyl sites for hydroxylation is 2. The number of hydrogen-bond acceptors (Lipinski definition) is 5. The molecule has 5 nitrogen and oxygen atoms in total. The minimum atomic E-state index is 0.724. The maximum atomic E-state index is 5.99. The Balaban J connectivity index is 0.843. The molecule has 0 aromatic heterocycles. The molecule has 0 spiro atoms. The smallest absolute Gasteiger partial charge is 0.119 e. The molecule has 5 aromatic carbocycles. The van der Waals surface area contributed by atoms with Crippen LogP contribution in [0.25, 0.3) is 11.1 Å². The SMILES string of the molecule is CCCCc1ccc(N=Nc2ccc(N=Nc3ccc(OCCCCCCc4ccc(-c5ccc(C6CCC(C)CC6)cc5)cc4)cc3)cc2)cc1. The molecular weight excluding hydrogens is 637 g/mol. The number of unbranched alkanes of at least 4 members (excludes halogenated alkanes) is 4. The number of benzene rings is 5. The van der Waals surface area contributed by atoms with Crippen molar-refractivity contribution in [3.63, 3.8) is 0 Å². The summed E-state index contributed by atoms with van der Waals surface area (Å²) in [6.07, 6.45) is 14.7. The molecule has 0 atom stereocenters. The maximum Gasteiger partial charge on any atom is 0.119 e. The van der Waals surface area contributed by atoms with Crippen molar-refractivity contribution >= 4 is 22.7 Å². The molecule has 0 bridgehead atoms. The van der Waals surface area contributed by atoms with Crippen molar-refractivity contribution in [3.05, 3.63) is 138 Å². The van der Waals surface area contributed by atoms with Gasteiger partial charge in [0.25, 0.3) is 0 Å². The van der Waals surface area contributed by atoms with Crippen LogP contribution in [0.2, 0.25) is 0 Å². The van der Waals surface area contributed by atoms with Gasteiger partial charge in [-0.2, -0.15) is 20.5 Å². The molecule has 5 heteroatoms. The van der Waals surface area contributed by atoms with Crippen LogP contribution in [0, 0.1) is 5.92 Å². The molecule has 52 heavy (non-hydrogen) atoms. The zero-order valence-corrected chi connectivity index (χ0v) is 31.1. The molecule has 1 fully saturated rings. The zero-order chi connectivity index (χ0) is 35.8. The summed E-state index contributed by atoms with van der Waals surface area (Å²) in [4.78, 5) is 0. The van der Waals surface area contributed by atoms with Gasteiger partial charge in [0.1, 0.15) is 5.75 Å². The maximum absolute atomic E-state index is 5.99. The van der Waals surface area contributed by atoms with E-state index < -0.39 is 0 Å². The second kappa shape index (κ2) is 19.6. The number of hydrogen-bond donors (Lipinski definition) is 0. The molecule has 268 valence electrons. The molecule has 0 N–H and O–H groups in total. The molecule has 6 rings (SSSR count). The standard InChI is InChI=1S/C47H54N4O/c1-3-4-9-37-15-25-43(26-16-37)48-49-44-27-29-45(30-28-44)50-51-46-31-33-47(34-32-46)52-35-8-6-5-7-10-38-13-19-40(20-14-38)42-23-21-41(22-24-42)39-17-11-36(2)12-18-39/h13-16,19-34,36,39H,3-12,17-18,35H2,1-2H3. The summed E-state index contributed by atoms with van der Waals surface area (Å²) in [5, 5.41) is 17.5. The molecule has 0 heterocycles. The van der Waals surface area contributed by atoms with Crippen LogP contribution in [0.4, 0.5) is 22.7 Å². The Labute approximate surface area is 311 Å². The van der Waals surface area contributed by atoms with E-state index in [1.54, 1.807) is 0 Å². The fourth-order valence-corrected chi connectivity index (χ4v) is 6.92. The minimum absolute atomic E-state index is 0.724. The second-order valence-electron chi connectivity index (χ2n) is 14.5. The number of nitrogens with zero attached hydrogens (tertiary/aromatic N) is 4. The Morgan fingerprint density at radius 3 is 1.46 bits per heavy atom. The molecule has 1 aliphatic rings. The normalized spacial score (nSPS) is 16.1. The van der Waals surface area contributed by atoms with Gasteiger partial charge in [0.15, 0.2) is 0 Å². The van der Waals surface area contributed by atoms with Crippen LogP contribution in [0.1, 0.15) is 101 Å². The first-order valence-electron chi connectivity index (χ1n) is 19.6. The van der Waals surface area contributed by atoms with E-state index in [1.807, 2.05) is 60.7 Å². The predicted octanol–water partition coefficient (Wildman–Crippen LogP) is 15.0. The lowest BCUT2D eigenvalue weighted by atomic mass is 9.79. The molecular formula is C47H54N4O. The molecule has 0 saturated heterocycles. The van der Waals surface area contributed by atoms with E-state index in [-0.39, 0.29) is 0 Å². The van der Waals surface area contributed by atoms with Crippen LogP contribution >= 0.6 is 0 Å². The summed E-state index contributed by atoms with van der Waals surface area (Å²) in [7, 11) is 0. The van der Waals surface area contributed by atoms with E-state index in [0.717, 1.165) is 66.2 Å². The third-order valence-corrected chi connectivity index (χ3v) is 10.3. The van der Waals surface area contributed by atoms with Crippen LogP contribution in [-0.2, 0) is 12.8 Å². The van der Waals surface area contributed by atoms with Gasteiger partial charge in [-0.1, -0.05) is 107 Å². The molecule has 1 aliphatic carbocycles. The largest absolute Gasteiger partial charge is 0.494 e. The number of azo groups is 2. The van der Waals surface area contributed by atoms with Crippen molar-refractivity contribution in [1.82, 2.24) is 0 Å². The van der Waals surface area contributed by atoms with Crippen molar-refractivity contribution in [2.45, 2.75) is 96.8 Å². The summed E-state index contributed by atoms with van der Waals surface area (Å²) in [5.41, 5.74) is 10.1. The average molecular weight is 691 g/mol. The average Bonchev–Trinajstić information content (AvgIpc) is 3.20. The number of rotatable bonds is 17. The minimum Gasteiger partial charge on any atom is -0.494 e. The Bertz CT molecular complexity index is 1820. The Kier molecular flexibility index (Phi) is 13.9. The number of ether oxygens (including phenoxy) is 1. The van der Waals surface area contributed by atoms with Crippen LogP contribution in [0.15, 0.2) is 142 Å². The first-order chi connectivity index (χ1) is 25.6. The lowest BCUT2D eigenvalue weighted by Gasteiger charge is -2.26. The van der Waals surface area contributed by atoms with E-state index >= 15 is 0 Å².